The summed E-state index contributed by atoms with van der Waals surface area (Å²) in [4.78, 5) is 23.2. The Morgan fingerprint density at radius 3 is 1.60 bits per heavy atom. The first-order valence-corrected chi connectivity index (χ1v) is 5.79. The summed E-state index contributed by atoms with van der Waals surface area (Å²) in [6, 6.07) is 0. The molecule has 82 valence electrons. The molecule has 6 atom stereocenters. The summed E-state index contributed by atoms with van der Waals surface area (Å²) < 4.78 is 4.78. The number of cyclic esters (lactones) is 2. The number of ether oxygens (including phenoxy) is 1. The highest BCUT2D eigenvalue weighted by molar-refractivity contribution is 5.97. The molecule has 3 fully saturated rings. The standard InChI is InChI=1S/C12H16O3/c1-4-5(2)8-6(3)7(4)9-10(8)12(14)15-11(9)13/h4-10H,1-3H3/t4-,5-,6?,7?,8?,9?,10?/m1/s1. The van der Waals surface area contributed by atoms with Gasteiger partial charge >= 0.3 is 11.9 Å². The van der Waals surface area contributed by atoms with Gasteiger partial charge in [0.25, 0.3) is 0 Å². The zero-order chi connectivity index (χ0) is 10.9. The third-order valence-electron chi connectivity index (χ3n) is 5.22. The molecule has 1 saturated heterocycles. The highest BCUT2D eigenvalue weighted by Crippen LogP contribution is 2.63. The fraction of sp³-hybridized carbons (Fsp3) is 0.833. The molecule has 0 spiro atoms. The molecule has 0 aromatic rings. The molecule has 0 radical (unpaired) electrons. The molecule has 2 aliphatic carbocycles. The van der Waals surface area contributed by atoms with E-state index in [-0.39, 0.29) is 23.8 Å². The van der Waals surface area contributed by atoms with Crippen molar-refractivity contribution in [3.63, 3.8) is 0 Å². The van der Waals surface area contributed by atoms with Crippen LogP contribution in [0.1, 0.15) is 20.8 Å². The van der Waals surface area contributed by atoms with Crippen LogP contribution in [0.4, 0.5) is 0 Å². The van der Waals surface area contributed by atoms with Crippen LogP contribution in [-0.4, -0.2) is 11.9 Å². The number of rotatable bonds is 0. The van der Waals surface area contributed by atoms with Crippen molar-refractivity contribution in [3.05, 3.63) is 0 Å². The van der Waals surface area contributed by atoms with Gasteiger partial charge in [0.2, 0.25) is 0 Å². The first-order chi connectivity index (χ1) is 7.04. The van der Waals surface area contributed by atoms with Gasteiger partial charge in [-0.25, -0.2) is 0 Å². The van der Waals surface area contributed by atoms with E-state index in [2.05, 4.69) is 20.8 Å². The summed E-state index contributed by atoms with van der Waals surface area (Å²) >= 11 is 0. The molecule has 0 N–H and O–H groups in total. The van der Waals surface area contributed by atoms with Crippen molar-refractivity contribution in [3.8, 4) is 0 Å². The van der Waals surface area contributed by atoms with Crippen molar-refractivity contribution in [1.82, 2.24) is 0 Å². The molecule has 3 rings (SSSR count). The Labute approximate surface area is 89.2 Å². The first-order valence-electron chi connectivity index (χ1n) is 5.79. The fourth-order valence-corrected chi connectivity index (χ4v) is 4.54. The van der Waals surface area contributed by atoms with Crippen LogP contribution in [-0.2, 0) is 14.3 Å². The van der Waals surface area contributed by atoms with Crippen molar-refractivity contribution in [1.29, 1.82) is 0 Å². The monoisotopic (exact) mass is 208 g/mol. The van der Waals surface area contributed by atoms with E-state index in [4.69, 9.17) is 4.74 Å². The van der Waals surface area contributed by atoms with Crippen LogP contribution in [0.3, 0.4) is 0 Å². The Morgan fingerprint density at radius 2 is 1.20 bits per heavy atom. The molecular weight excluding hydrogens is 192 g/mol. The minimum atomic E-state index is -0.261. The molecule has 3 aliphatic rings. The van der Waals surface area contributed by atoms with Gasteiger partial charge in [-0.1, -0.05) is 20.8 Å². The molecule has 0 aromatic carbocycles. The molecule has 4 unspecified atom stereocenters. The van der Waals surface area contributed by atoms with Gasteiger partial charge < -0.3 is 4.74 Å². The molecule has 3 heteroatoms. The largest absolute Gasteiger partial charge is 0.393 e. The SMILES string of the molecule is CC1C2C3C(=O)OC(=O)C3C1[C@H](C)[C@H]2C. The number of hydrogen-bond acceptors (Lipinski definition) is 3. The maximum absolute atomic E-state index is 11.6. The van der Waals surface area contributed by atoms with Crippen molar-refractivity contribution in [2.45, 2.75) is 20.8 Å². The van der Waals surface area contributed by atoms with Crippen LogP contribution >= 0.6 is 0 Å². The molecule has 3 nitrogen and oxygen atoms in total. The third kappa shape index (κ3) is 0.876. The van der Waals surface area contributed by atoms with Gasteiger partial charge in [-0.2, -0.15) is 0 Å². The minimum absolute atomic E-state index is 0.122. The molecule has 0 aromatic heterocycles. The summed E-state index contributed by atoms with van der Waals surface area (Å²) in [6.45, 7) is 6.60. The van der Waals surface area contributed by atoms with Crippen LogP contribution in [0.5, 0.6) is 0 Å². The second-order valence-electron chi connectivity index (χ2n) is 5.52. The van der Waals surface area contributed by atoms with E-state index in [0.717, 1.165) is 0 Å². The lowest BCUT2D eigenvalue weighted by atomic mass is 9.70. The van der Waals surface area contributed by atoms with Gasteiger partial charge in [0.05, 0.1) is 11.8 Å². The Morgan fingerprint density at radius 1 is 0.800 bits per heavy atom. The number of esters is 2. The topological polar surface area (TPSA) is 43.4 Å². The van der Waals surface area contributed by atoms with E-state index in [9.17, 15) is 9.59 Å². The second kappa shape index (κ2) is 2.63. The first kappa shape index (κ1) is 9.37. The van der Waals surface area contributed by atoms with Gasteiger partial charge in [-0.05, 0) is 29.6 Å². The predicted octanol–water partition coefficient (Wildman–Crippen LogP) is 1.47. The summed E-state index contributed by atoms with van der Waals surface area (Å²) in [6.07, 6.45) is 0. The lowest BCUT2D eigenvalue weighted by Crippen LogP contribution is -2.34. The van der Waals surface area contributed by atoms with Gasteiger partial charge in [0.15, 0.2) is 0 Å². The minimum Gasteiger partial charge on any atom is -0.393 e. The van der Waals surface area contributed by atoms with E-state index in [1.165, 1.54) is 0 Å². The molecular formula is C12H16O3. The van der Waals surface area contributed by atoms with Crippen LogP contribution in [0.15, 0.2) is 0 Å². The summed E-state index contributed by atoms with van der Waals surface area (Å²) in [5, 5.41) is 0. The Hall–Kier alpha value is -0.860. The van der Waals surface area contributed by atoms with E-state index < -0.39 is 0 Å². The molecule has 0 amide bonds. The van der Waals surface area contributed by atoms with Crippen molar-refractivity contribution >= 4 is 11.9 Å². The maximum atomic E-state index is 11.6. The second-order valence-corrected chi connectivity index (χ2v) is 5.52. The molecule has 1 aliphatic heterocycles. The van der Waals surface area contributed by atoms with Gasteiger partial charge in [0.1, 0.15) is 0 Å². The van der Waals surface area contributed by atoms with E-state index in [1.54, 1.807) is 0 Å². The van der Waals surface area contributed by atoms with Crippen LogP contribution in [0.25, 0.3) is 0 Å². The Balaban J connectivity index is 2.06. The van der Waals surface area contributed by atoms with Crippen molar-refractivity contribution < 1.29 is 14.3 Å². The van der Waals surface area contributed by atoms with E-state index in [1.807, 2.05) is 0 Å². The Kier molecular flexibility index (Phi) is 1.64. The van der Waals surface area contributed by atoms with Gasteiger partial charge in [-0.15, -0.1) is 0 Å². The average molecular weight is 208 g/mol. The van der Waals surface area contributed by atoms with E-state index >= 15 is 0 Å². The van der Waals surface area contributed by atoms with Crippen LogP contribution in [0, 0.1) is 41.4 Å². The predicted molar refractivity (Wildman–Crippen MR) is 52.6 cm³/mol. The smallest absolute Gasteiger partial charge is 0.317 e. The summed E-state index contributed by atoms with van der Waals surface area (Å²) in [5.41, 5.74) is 0. The number of hydrogen-bond donors (Lipinski definition) is 0. The summed E-state index contributed by atoms with van der Waals surface area (Å²) in [7, 11) is 0. The highest BCUT2D eigenvalue weighted by Gasteiger charge is 2.67. The molecule has 2 bridgehead atoms. The number of carbonyl (C=O) groups is 2. The van der Waals surface area contributed by atoms with Crippen LogP contribution in [0.2, 0.25) is 0 Å². The number of carbonyl (C=O) groups excluding carboxylic acids is 2. The maximum Gasteiger partial charge on any atom is 0.317 e. The van der Waals surface area contributed by atoms with Crippen LogP contribution < -0.4 is 0 Å². The number of fused-ring (bicyclic) bond motifs is 5. The van der Waals surface area contributed by atoms with E-state index in [0.29, 0.717) is 29.6 Å². The normalized spacial score (nSPS) is 57.1. The highest BCUT2D eigenvalue weighted by atomic mass is 16.6. The quantitative estimate of drug-likeness (QED) is 0.447. The fourth-order valence-electron chi connectivity index (χ4n) is 4.54. The lowest BCUT2D eigenvalue weighted by Gasteiger charge is -2.30. The lowest BCUT2D eigenvalue weighted by molar-refractivity contribution is -0.155. The van der Waals surface area contributed by atoms with Gasteiger partial charge in [-0.3, -0.25) is 9.59 Å². The van der Waals surface area contributed by atoms with Crippen molar-refractivity contribution in [2.24, 2.45) is 41.4 Å². The summed E-state index contributed by atoms with van der Waals surface area (Å²) in [5.74, 6) is 1.57. The third-order valence-corrected chi connectivity index (χ3v) is 5.22. The van der Waals surface area contributed by atoms with Crippen molar-refractivity contribution in [2.75, 3.05) is 0 Å². The average Bonchev–Trinajstić information content (AvgIpc) is 2.68. The molecule has 15 heavy (non-hydrogen) atoms. The Bertz CT molecular complexity index is 317. The molecule has 2 saturated carbocycles. The zero-order valence-corrected chi connectivity index (χ0v) is 9.27. The van der Waals surface area contributed by atoms with Gasteiger partial charge in [0, 0.05) is 0 Å². The molecule has 1 heterocycles. The zero-order valence-electron chi connectivity index (χ0n) is 9.27.